The maximum Gasteiger partial charge on any atom is 0.122 e. The van der Waals surface area contributed by atoms with Gasteiger partial charge in [-0.1, -0.05) is 21.3 Å². The third-order valence-corrected chi connectivity index (χ3v) is 2.01. The molecule has 72 valence electrons. The number of fused-ring (bicyclic) bond motifs is 1. The van der Waals surface area contributed by atoms with E-state index in [4.69, 9.17) is 4.74 Å². The maximum absolute atomic E-state index is 9.50. The van der Waals surface area contributed by atoms with Gasteiger partial charge in [-0.15, -0.1) is 0 Å². The molecule has 2 atom stereocenters. The van der Waals surface area contributed by atoms with Gasteiger partial charge >= 0.3 is 0 Å². The highest BCUT2D eigenvalue weighted by Crippen LogP contribution is 2.43. The van der Waals surface area contributed by atoms with Crippen LogP contribution in [0.3, 0.4) is 0 Å². The third-order valence-electron chi connectivity index (χ3n) is 2.01. The summed E-state index contributed by atoms with van der Waals surface area (Å²) in [5, 5.41) is 0. The van der Waals surface area contributed by atoms with Crippen molar-refractivity contribution in [1.82, 2.24) is 0 Å². The number of ether oxygens (including phenoxy) is 1. The van der Waals surface area contributed by atoms with Gasteiger partial charge in [-0.05, 0) is 18.3 Å². The molecule has 1 saturated heterocycles. The fourth-order valence-electron chi connectivity index (χ4n) is 1.09. The fraction of sp³-hybridized carbons (Fsp3) is 0.900. The largest absolute Gasteiger partial charge is 0.381 e. The highest BCUT2D eigenvalue weighted by atomic mass is 16.5. The van der Waals surface area contributed by atoms with Crippen molar-refractivity contribution in [2.24, 2.45) is 17.8 Å². The van der Waals surface area contributed by atoms with Gasteiger partial charge in [0.25, 0.3) is 0 Å². The Morgan fingerprint density at radius 1 is 1.33 bits per heavy atom. The van der Waals surface area contributed by atoms with E-state index in [1.807, 2.05) is 13.8 Å². The molecule has 2 rings (SSSR count). The van der Waals surface area contributed by atoms with Gasteiger partial charge in [0.05, 0.1) is 0 Å². The zero-order chi connectivity index (χ0) is 8.27. The zero-order valence-electron chi connectivity index (χ0n) is 7.25. The van der Waals surface area contributed by atoms with Crippen molar-refractivity contribution < 1.29 is 9.53 Å². The van der Waals surface area contributed by atoms with Gasteiger partial charge in [0, 0.05) is 19.1 Å². The van der Waals surface area contributed by atoms with Crippen LogP contribution in [0.25, 0.3) is 0 Å². The van der Waals surface area contributed by atoms with E-state index in [0.29, 0.717) is 0 Å². The minimum Gasteiger partial charge on any atom is -0.381 e. The van der Waals surface area contributed by atoms with E-state index in [1.165, 1.54) is 6.42 Å². The standard InChI is InChI=1S/C5H8O.C4H8O.CH4/c1-4-2-6-3-5(1)4;1-4(2)3-5;/h4-5H,1-3H2;3-4H,1-2H3;1H4. The lowest BCUT2D eigenvalue weighted by Gasteiger charge is -1.87. The summed E-state index contributed by atoms with van der Waals surface area (Å²) in [4.78, 5) is 9.50. The summed E-state index contributed by atoms with van der Waals surface area (Å²) in [5.41, 5.74) is 0. The van der Waals surface area contributed by atoms with Crippen molar-refractivity contribution >= 4 is 6.29 Å². The molecule has 1 aliphatic carbocycles. The summed E-state index contributed by atoms with van der Waals surface area (Å²) in [5.74, 6) is 2.19. The zero-order valence-corrected chi connectivity index (χ0v) is 7.25. The summed E-state index contributed by atoms with van der Waals surface area (Å²) in [7, 11) is 0. The lowest BCUT2D eigenvalue weighted by molar-refractivity contribution is -0.110. The van der Waals surface area contributed by atoms with Crippen LogP contribution in [0.15, 0.2) is 0 Å². The van der Waals surface area contributed by atoms with Crippen LogP contribution in [0, 0.1) is 17.8 Å². The van der Waals surface area contributed by atoms with Gasteiger partial charge in [0.1, 0.15) is 6.29 Å². The SMILES string of the molecule is C.C1OCC2CC12.CC(C)C=O. The Morgan fingerprint density at radius 3 is 1.83 bits per heavy atom. The van der Waals surface area contributed by atoms with E-state index in [9.17, 15) is 4.79 Å². The molecule has 0 radical (unpaired) electrons. The third kappa shape index (κ3) is 3.86. The molecule has 0 bridgehead atoms. The molecule has 1 saturated carbocycles. The molecule has 0 aromatic carbocycles. The number of aldehydes is 1. The van der Waals surface area contributed by atoms with Crippen LogP contribution < -0.4 is 0 Å². The van der Waals surface area contributed by atoms with Crippen molar-refractivity contribution in [1.29, 1.82) is 0 Å². The summed E-state index contributed by atoms with van der Waals surface area (Å²) >= 11 is 0. The monoisotopic (exact) mass is 172 g/mol. The molecule has 1 heterocycles. The summed E-state index contributed by atoms with van der Waals surface area (Å²) < 4.78 is 5.11. The molecule has 2 fully saturated rings. The summed E-state index contributed by atoms with van der Waals surface area (Å²) in [6, 6.07) is 0. The average molecular weight is 172 g/mol. The lowest BCUT2D eigenvalue weighted by Crippen LogP contribution is -1.86. The molecule has 1 aliphatic heterocycles. The Hall–Kier alpha value is -0.370. The minimum absolute atomic E-state index is 0. The first-order valence-electron chi connectivity index (χ1n) is 4.27. The topological polar surface area (TPSA) is 26.3 Å². The Kier molecular flexibility index (Phi) is 5.14. The molecule has 0 aromatic heterocycles. The summed E-state index contributed by atoms with van der Waals surface area (Å²) in [6.07, 6.45) is 2.38. The Bertz CT molecular complexity index is 124. The quantitative estimate of drug-likeness (QED) is 0.566. The minimum atomic E-state index is 0. The second-order valence-electron chi connectivity index (χ2n) is 3.67. The highest BCUT2D eigenvalue weighted by Gasteiger charge is 2.41. The lowest BCUT2D eigenvalue weighted by atomic mass is 10.3. The number of hydrogen-bond acceptors (Lipinski definition) is 2. The van der Waals surface area contributed by atoms with E-state index in [1.54, 1.807) is 0 Å². The molecule has 0 spiro atoms. The average Bonchev–Trinajstić information content (AvgIpc) is 2.61. The number of rotatable bonds is 1. The summed E-state index contributed by atoms with van der Waals surface area (Å²) in [6.45, 7) is 5.83. The number of carbonyl (C=O) groups excluding carboxylic acids is 1. The van der Waals surface area contributed by atoms with Gasteiger partial charge in [-0.3, -0.25) is 0 Å². The van der Waals surface area contributed by atoms with Gasteiger partial charge in [-0.2, -0.15) is 0 Å². The first-order chi connectivity index (χ1) is 5.24. The van der Waals surface area contributed by atoms with E-state index in [2.05, 4.69) is 0 Å². The molecular weight excluding hydrogens is 152 g/mol. The molecule has 0 N–H and O–H groups in total. The predicted molar refractivity (Wildman–Crippen MR) is 50.0 cm³/mol. The van der Waals surface area contributed by atoms with Gasteiger partial charge in [-0.25, -0.2) is 0 Å². The van der Waals surface area contributed by atoms with E-state index in [0.717, 1.165) is 31.3 Å². The van der Waals surface area contributed by atoms with E-state index >= 15 is 0 Å². The fourth-order valence-corrected chi connectivity index (χ4v) is 1.09. The van der Waals surface area contributed by atoms with Crippen LogP contribution in [0.1, 0.15) is 27.7 Å². The smallest absolute Gasteiger partial charge is 0.122 e. The van der Waals surface area contributed by atoms with Crippen LogP contribution in [-0.2, 0) is 9.53 Å². The second kappa shape index (κ2) is 5.31. The number of hydrogen-bond donors (Lipinski definition) is 0. The van der Waals surface area contributed by atoms with Crippen LogP contribution in [0.2, 0.25) is 0 Å². The molecule has 2 heteroatoms. The Labute approximate surface area is 75.3 Å². The number of carbonyl (C=O) groups is 1. The van der Waals surface area contributed by atoms with E-state index < -0.39 is 0 Å². The normalized spacial score (nSPS) is 29.6. The van der Waals surface area contributed by atoms with Crippen LogP contribution in [0.4, 0.5) is 0 Å². The van der Waals surface area contributed by atoms with Crippen molar-refractivity contribution in [3.63, 3.8) is 0 Å². The second-order valence-corrected chi connectivity index (χ2v) is 3.67. The van der Waals surface area contributed by atoms with Gasteiger partial charge in [0.2, 0.25) is 0 Å². The Balaban J connectivity index is 0.000000191. The van der Waals surface area contributed by atoms with Gasteiger partial charge < -0.3 is 9.53 Å². The predicted octanol–water partition coefficient (Wildman–Crippen LogP) is 2.13. The van der Waals surface area contributed by atoms with E-state index in [-0.39, 0.29) is 13.3 Å². The molecule has 2 aliphatic rings. The van der Waals surface area contributed by atoms with Crippen LogP contribution in [-0.4, -0.2) is 19.5 Å². The van der Waals surface area contributed by atoms with Crippen molar-refractivity contribution in [2.75, 3.05) is 13.2 Å². The molecule has 12 heavy (non-hydrogen) atoms. The van der Waals surface area contributed by atoms with Gasteiger partial charge in [0.15, 0.2) is 0 Å². The molecule has 2 nitrogen and oxygen atoms in total. The molecular formula is C10H20O2. The maximum atomic E-state index is 9.50. The molecule has 0 amide bonds. The van der Waals surface area contributed by atoms with Crippen LogP contribution in [0.5, 0.6) is 0 Å². The Morgan fingerprint density at radius 2 is 1.75 bits per heavy atom. The van der Waals surface area contributed by atoms with Crippen LogP contribution >= 0.6 is 0 Å². The van der Waals surface area contributed by atoms with Crippen molar-refractivity contribution in [3.8, 4) is 0 Å². The highest BCUT2D eigenvalue weighted by molar-refractivity contribution is 5.51. The first kappa shape index (κ1) is 11.6. The van der Waals surface area contributed by atoms with Crippen molar-refractivity contribution in [3.05, 3.63) is 0 Å². The molecule has 0 aromatic rings. The molecule has 2 unspecified atom stereocenters. The van der Waals surface area contributed by atoms with Crippen molar-refractivity contribution in [2.45, 2.75) is 27.7 Å². The first-order valence-corrected chi connectivity index (χ1v) is 4.27.